The van der Waals surface area contributed by atoms with Crippen molar-refractivity contribution in [1.82, 2.24) is 5.32 Å². The molecule has 1 aromatic heterocycles. The third-order valence-electron chi connectivity index (χ3n) is 4.91. The molecule has 0 spiro atoms. The summed E-state index contributed by atoms with van der Waals surface area (Å²) in [6, 6.07) is 20.7. The maximum Gasteiger partial charge on any atom is 0.261 e. The molecular formula is C23H25N3OS2. The number of nitrogens with zero attached hydrogens (tertiary/aromatic N) is 2. The second kappa shape index (κ2) is 8.51. The number of carbonyl (C=O) groups excluding carboxylic acids is 1. The van der Waals surface area contributed by atoms with Gasteiger partial charge in [-0.2, -0.15) is 0 Å². The predicted octanol–water partition coefficient (Wildman–Crippen LogP) is 5.38. The first-order chi connectivity index (χ1) is 14.0. The van der Waals surface area contributed by atoms with Gasteiger partial charge < -0.3 is 15.1 Å². The lowest BCUT2D eigenvalue weighted by molar-refractivity contribution is 0.0955. The summed E-state index contributed by atoms with van der Waals surface area (Å²) < 4.78 is 0. The zero-order valence-corrected chi connectivity index (χ0v) is 18.5. The highest BCUT2D eigenvalue weighted by Gasteiger charge is 2.24. The lowest BCUT2D eigenvalue weighted by Crippen LogP contribution is -2.28. The van der Waals surface area contributed by atoms with E-state index in [4.69, 9.17) is 0 Å². The minimum absolute atomic E-state index is 0.0225. The Labute approximate surface area is 180 Å². The number of amides is 1. The van der Waals surface area contributed by atoms with E-state index in [-0.39, 0.29) is 5.91 Å². The van der Waals surface area contributed by atoms with Gasteiger partial charge in [0.05, 0.1) is 15.6 Å². The van der Waals surface area contributed by atoms with E-state index in [9.17, 15) is 4.79 Å². The van der Waals surface area contributed by atoms with Crippen LogP contribution in [0.2, 0.25) is 0 Å². The third-order valence-corrected chi connectivity index (χ3v) is 7.17. The van der Waals surface area contributed by atoms with Gasteiger partial charge in [-0.05, 0) is 42.0 Å². The Morgan fingerprint density at radius 1 is 1.10 bits per heavy atom. The van der Waals surface area contributed by atoms with Crippen LogP contribution in [-0.2, 0) is 6.54 Å². The van der Waals surface area contributed by atoms with Crippen LogP contribution in [-0.4, -0.2) is 31.8 Å². The topological polar surface area (TPSA) is 35.6 Å². The third kappa shape index (κ3) is 4.43. The number of carbonyl (C=O) groups is 1. The van der Waals surface area contributed by atoms with Gasteiger partial charge in [0, 0.05) is 43.0 Å². The number of hydrogen-bond donors (Lipinski definition) is 1. The molecule has 0 saturated heterocycles. The van der Waals surface area contributed by atoms with Crippen LogP contribution >= 0.6 is 23.1 Å². The molecule has 1 aliphatic heterocycles. The largest absolute Gasteiger partial charge is 0.378 e. The fourth-order valence-electron chi connectivity index (χ4n) is 3.37. The summed E-state index contributed by atoms with van der Waals surface area (Å²) in [5.41, 5.74) is 3.47. The van der Waals surface area contributed by atoms with Crippen molar-refractivity contribution in [3.8, 4) is 0 Å². The molecule has 4 nitrogen and oxygen atoms in total. The van der Waals surface area contributed by atoms with Crippen LogP contribution in [0.3, 0.4) is 0 Å². The SMILES string of the molecule is C[C@@H]1CN(c2ccc(C(=O)NCc3ccc(N(C)C)cc3)s2)c2ccccc2S1. The van der Waals surface area contributed by atoms with Crippen LogP contribution in [0.4, 0.5) is 16.4 Å². The number of anilines is 3. The number of fused-ring (bicyclic) bond motifs is 1. The van der Waals surface area contributed by atoms with E-state index in [0.717, 1.165) is 27.7 Å². The smallest absolute Gasteiger partial charge is 0.261 e. The maximum atomic E-state index is 12.7. The van der Waals surface area contributed by atoms with E-state index in [1.54, 1.807) is 11.3 Å². The van der Waals surface area contributed by atoms with E-state index in [1.807, 2.05) is 31.9 Å². The minimum atomic E-state index is -0.0225. The highest BCUT2D eigenvalue weighted by atomic mass is 32.2. The summed E-state index contributed by atoms with van der Waals surface area (Å²) in [4.78, 5) is 19.1. The van der Waals surface area contributed by atoms with Gasteiger partial charge in [0.15, 0.2) is 0 Å². The quantitative estimate of drug-likeness (QED) is 0.598. The number of rotatable bonds is 5. The molecule has 1 atom stereocenters. The summed E-state index contributed by atoms with van der Waals surface area (Å²) in [5.74, 6) is -0.0225. The standard InChI is InChI=1S/C23H25N3OS2/c1-16-15-26(19-6-4-5-7-20(19)28-16)22-13-12-21(29-22)23(27)24-14-17-8-10-18(11-9-17)25(2)3/h4-13,16H,14-15H2,1-3H3,(H,24,27)/t16-/m1/s1. The summed E-state index contributed by atoms with van der Waals surface area (Å²) in [5, 5.41) is 4.67. The van der Waals surface area contributed by atoms with Crippen molar-refractivity contribution in [1.29, 1.82) is 0 Å². The fourth-order valence-corrected chi connectivity index (χ4v) is 5.43. The normalized spacial score (nSPS) is 15.7. The second-order valence-corrected chi connectivity index (χ2v) is 9.93. The molecule has 0 fully saturated rings. The molecule has 2 aromatic carbocycles. The summed E-state index contributed by atoms with van der Waals surface area (Å²) in [6.45, 7) is 3.72. The van der Waals surface area contributed by atoms with Crippen molar-refractivity contribution < 1.29 is 4.79 Å². The van der Waals surface area contributed by atoms with E-state index < -0.39 is 0 Å². The van der Waals surface area contributed by atoms with Gasteiger partial charge in [-0.15, -0.1) is 23.1 Å². The average molecular weight is 424 g/mol. The molecular weight excluding hydrogens is 398 g/mol. The number of thiophene rings is 1. The average Bonchev–Trinajstić information content (AvgIpc) is 3.22. The van der Waals surface area contributed by atoms with Gasteiger partial charge in [0.2, 0.25) is 0 Å². The molecule has 2 heterocycles. The molecule has 0 unspecified atom stereocenters. The number of thioether (sulfide) groups is 1. The molecule has 4 rings (SSSR count). The van der Waals surface area contributed by atoms with Gasteiger partial charge in [-0.1, -0.05) is 31.2 Å². The Hall–Kier alpha value is -2.44. The first-order valence-corrected chi connectivity index (χ1v) is 11.4. The number of benzene rings is 2. The van der Waals surface area contributed by atoms with Gasteiger partial charge in [-0.25, -0.2) is 0 Å². The second-order valence-electron chi connectivity index (χ2n) is 7.39. The zero-order valence-electron chi connectivity index (χ0n) is 16.9. The van der Waals surface area contributed by atoms with E-state index >= 15 is 0 Å². The minimum Gasteiger partial charge on any atom is -0.378 e. The van der Waals surface area contributed by atoms with Crippen LogP contribution in [0.5, 0.6) is 0 Å². The van der Waals surface area contributed by atoms with Crippen molar-refractivity contribution in [2.24, 2.45) is 0 Å². The van der Waals surface area contributed by atoms with Crippen LogP contribution in [0.15, 0.2) is 65.6 Å². The Bertz CT molecular complexity index is 997. The summed E-state index contributed by atoms with van der Waals surface area (Å²) >= 11 is 3.47. The molecule has 1 N–H and O–H groups in total. The highest BCUT2D eigenvalue weighted by molar-refractivity contribution is 8.00. The van der Waals surface area contributed by atoms with Crippen molar-refractivity contribution in [3.63, 3.8) is 0 Å². The molecule has 150 valence electrons. The molecule has 1 amide bonds. The van der Waals surface area contributed by atoms with Crippen LogP contribution in [0.25, 0.3) is 0 Å². The predicted molar refractivity (Wildman–Crippen MR) is 125 cm³/mol. The lowest BCUT2D eigenvalue weighted by Gasteiger charge is -2.33. The Morgan fingerprint density at radius 2 is 1.86 bits per heavy atom. The Kier molecular flexibility index (Phi) is 5.83. The maximum absolute atomic E-state index is 12.7. The molecule has 6 heteroatoms. The molecule has 1 aliphatic rings. The Morgan fingerprint density at radius 3 is 2.62 bits per heavy atom. The zero-order chi connectivity index (χ0) is 20.4. The van der Waals surface area contributed by atoms with E-state index in [1.165, 1.54) is 10.6 Å². The van der Waals surface area contributed by atoms with E-state index in [0.29, 0.717) is 11.8 Å². The van der Waals surface area contributed by atoms with Crippen LogP contribution < -0.4 is 15.1 Å². The lowest BCUT2D eigenvalue weighted by atomic mass is 10.2. The van der Waals surface area contributed by atoms with Gasteiger partial charge in [-0.3, -0.25) is 4.79 Å². The molecule has 0 radical (unpaired) electrons. The monoisotopic (exact) mass is 423 g/mol. The number of hydrogen-bond acceptors (Lipinski definition) is 5. The summed E-state index contributed by atoms with van der Waals surface area (Å²) in [6.07, 6.45) is 0. The number of para-hydroxylation sites is 1. The van der Waals surface area contributed by atoms with Crippen LogP contribution in [0.1, 0.15) is 22.2 Å². The molecule has 29 heavy (non-hydrogen) atoms. The van der Waals surface area contributed by atoms with Crippen molar-refractivity contribution in [2.75, 3.05) is 30.4 Å². The van der Waals surface area contributed by atoms with Crippen LogP contribution in [0, 0.1) is 0 Å². The van der Waals surface area contributed by atoms with Gasteiger partial charge in [0.25, 0.3) is 5.91 Å². The first kappa shape index (κ1) is 19.9. The molecule has 0 bridgehead atoms. The number of nitrogens with one attached hydrogen (secondary N) is 1. The van der Waals surface area contributed by atoms with Crippen molar-refractivity contribution >= 4 is 45.4 Å². The van der Waals surface area contributed by atoms with Gasteiger partial charge in [0.1, 0.15) is 0 Å². The fraction of sp³-hybridized carbons (Fsp3) is 0.261. The first-order valence-electron chi connectivity index (χ1n) is 9.69. The Balaban J connectivity index is 1.44. The van der Waals surface area contributed by atoms with Crippen molar-refractivity contribution in [3.05, 3.63) is 71.1 Å². The molecule has 0 aliphatic carbocycles. The van der Waals surface area contributed by atoms with E-state index in [2.05, 4.69) is 76.6 Å². The molecule has 0 saturated carbocycles. The van der Waals surface area contributed by atoms with Gasteiger partial charge >= 0.3 is 0 Å². The highest BCUT2D eigenvalue weighted by Crippen LogP contribution is 2.43. The molecule has 3 aromatic rings. The van der Waals surface area contributed by atoms with Crippen molar-refractivity contribution in [2.45, 2.75) is 23.6 Å². The summed E-state index contributed by atoms with van der Waals surface area (Å²) in [7, 11) is 4.04.